The van der Waals surface area contributed by atoms with Crippen molar-refractivity contribution in [3.05, 3.63) is 94.8 Å². The van der Waals surface area contributed by atoms with Gasteiger partial charge in [-0.3, -0.25) is 4.79 Å². The molecule has 3 unspecified atom stereocenters. The molecule has 1 fully saturated rings. The smallest absolute Gasteiger partial charge is 0.243 e. The number of rotatable bonds is 14. The van der Waals surface area contributed by atoms with E-state index in [1.165, 1.54) is 0 Å². The van der Waals surface area contributed by atoms with Crippen LogP contribution in [0.2, 0.25) is 5.02 Å². The average molecular weight is 633 g/mol. The van der Waals surface area contributed by atoms with Crippen LogP contribution in [0.1, 0.15) is 31.4 Å². The number of aliphatic hydroxyl groups excluding tert-OH is 1. The number of hydrogen-bond donors (Lipinski definition) is 2. The van der Waals surface area contributed by atoms with Gasteiger partial charge >= 0.3 is 0 Å². The number of sulfonamides is 1. The third-order valence-electron chi connectivity index (χ3n) is 7.08. The minimum absolute atomic E-state index is 0.0218. The maximum absolute atomic E-state index is 13.8. The second-order valence-electron chi connectivity index (χ2n) is 11.1. The minimum atomic E-state index is -4.14. The number of aliphatic hydroxyl groups is 1. The fraction of sp³-hybridized carbons (Fsp3) is 0.406. The molecule has 3 aromatic rings. The van der Waals surface area contributed by atoms with E-state index in [0.29, 0.717) is 19.0 Å². The molecule has 1 heterocycles. The van der Waals surface area contributed by atoms with E-state index in [-0.39, 0.29) is 53.8 Å². The van der Waals surface area contributed by atoms with Gasteiger partial charge in [0.2, 0.25) is 15.9 Å². The van der Waals surface area contributed by atoms with E-state index in [1.54, 1.807) is 0 Å². The van der Waals surface area contributed by atoms with Crippen LogP contribution in [0.15, 0.2) is 77.7 Å². The van der Waals surface area contributed by atoms with Crippen molar-refractivity contribution in [3.8, 4) is 5.75 Å². The van der Waals surface area contributed by atoms with Crippen LogP contribution >= 0.6 is 11.6 Å². The highest BCUT2D eigenvalue weighted by atomic mass is 35.5. The number of benzene rings is 3. The third kappa shape index (κ3) is 9.48. The first-order chi connectivity index (χ1) is 20.5. The molecule has 4 rings (SSSR count). The van der Waals surface area contributed by atoms with Crippen molar-refractivity contribution in [2.45, 2.75) is 56.3 Å². The normalized spacial score (nSPS) is 16.8. The molecule has 1 saturated heterocycles. The minimum Gasteiger partial charge on any atom is -0.488 e. The highest BCUT2D eigenvalue weighted by Gasteiger charge is 2.32. The molecule has 0 aromatic heterocycles. The zero-order valence-electron chi connectivity index (χ0n) is 24.3. The number of carbonyl (C=O) groups excluding carboxylic acids is 1. The molecule has 0 spiro atoms. The highest BCUT2D eigenvalue weighted by Crippen LogP contribution is 2.24. The lowest BCUT2D eigenvalue weighted by atomic mass is 10.00. The number of ether oxygens (including phenoxy) is 2. The molecule has 11 heteroatoms. The lowest BCUT2D eigenvalue weighted by Gasteiger charge is -2.31. The van der Waals surface area contributed by atoms with Gasteiger partial charge in [0.05, 0.1) is 41.7 Å². The number of nitrogens with one attached hydrogen (secondary N) is 1. The SMILES string of the molecule is CC(C)CN(CC(O)C(Cc1ccccc1)NC(=O)Cc1ccc(OC2CCOC2)cc1)S(=O)(=O)c1ccc(F)c(Cl)c1. The number of amides is 1. The molecule has 43 heavy (non-hydrogen) atoms. The summed E-state index contributed by atoms with van der Waals surface area (Å²) in [7, 11) is -4.14. The summed E-state index contributed by atoms with van der Waals surface area (Å²) in [5.74, 6) is -0.423. The monoisotopic (exact) mass is 632 g/mol. The van der Waals surface area contributed by atoms with Crippen LogP contribution in [0.4, 0.5) is 4.39 Å². The van der Waals surface area contributed by atoms with E-state index in [2.05, 4.69) is 5.32 Å². The van der Waals surface area contributed by atoms with Crippen molar-refractivity contribution in [1.82, 2.24) is 9.62 Å². The molecular weight excluding hydrogens is 595 g/mol. The molecule has 2 N–H and O–H groups in total. The van der Waals surface area contributed by atoms with Crippen molar-refractivity contribution < 1.29 is 32.2 Å². The quantitative estimate of drug-likeness (QED) is 0.269. The summed E-state index contributed by atoms with van der Waals surface area (Å²) in [4.78, 5) is 13.0. The fourth-order valence-electron chi connectivity index (χ4n) is 4.88. The van der Waals surface area contributed by atoms with Gasteiger partial charge in [-0.05, 0) is 53.8 Å². The Labute approximate surface area is 257 Å². The molecule has 0 aliphatic carbocycles. The lowest BCUT2D eigenvalue weighted by Crippen LogP contribution is -2.51. The Balaban J connectivity index is 1.49. The molecule has 232 valence electrons. The predicted molar refractivity (Wildman–Crippen MR) is 163 cm³/mol. The van der Waals surface area contributed by atoms with Crippen LogP contribution in [0.5, 0.6) is 5.75 Å². The molecule has 0 radical (unpaired) electrons. The Hall–Kier alpha value is -3.02. The van der Waals surface area contributed by atoms with Crippen LogP contribution in [0, 0.1) is 11.7 Å². The first kappa shape index (κ1) is 32.9. The van der Waals surface area contributed by atoms with Gasteiger partial charge in [0.1, 0.15) is 17.7 Å². The molecular formula is C32H38ClFN2O6S. The van der Waals surface area contributed by atoms with E-state index >= 15 is 0 Å². The number of halogens is 2. The zero-order chi connectivity index (χ0) is 31.0. The maximum atomic E-state index is 13.8. The Kier molecular flexibility index (Phi) is 11.6. The standard InChI is InChI=1S/C32H38ClFN2O6S/c1-22(2)19-36(43(39,40)27-12-13-29(34)28(33)18-27)20-31(37)30(16-23-6-4-3-5-7-23)35-32(38)17-24-8-10-25(11-9-24)42-26-14-15-41-21-26/h3-13,18,22,26,30-31,37H,14-17,19-21H2,1-2H3,(H,35,38). The van der Waals surface area contributed by atoms with E-state index < -0.39 is 28.0 Å². The molecule has 0 bridgehead atoms. The van der Waals surface area contributed by atoms with E-state index in [9.17, 15) is 22.7 Å². The molecule has 1 aliphatic rings. The largest absolute Gasteiger partial charge is 0.488 e. The van der Waals surface area contributed by atoms with Crippen molar-refractivity contribution in [1.29, 1.82) is 0 Å². The van der Waals surface area contributed by atoms with Crippen LogP contribution in [-0.2, 0) is 32.4 Å². The van der Waals surface area contributed by atoms with Crippen molar-refractivity contribution in [3.63, 3.8) is 0 Å². The summed E-state index contributed by atoms with van der Waals surface area (Å²) in [6, 6.07) is 19.0. The Morgan fingerprint density at radius 1 is 1.09 bits per heavy atom. The van der Waals surface area contributed by atoms with E-state index in [1.807, 2.05) is 68.4 Å². The molecule has 3 atom stereocenters. The van der Waals surface area contributed by atoms with Gasteiger partial charge in [0.15, 0.2) is 0 Å². The maximum Gasteiger partial charge on any atom is 0.243 e. The van der Waals surface area contributed by atoms with Gasteiger partial charge in [-0.25, -0.2) is 12.8 Å². The number of nitrogens with zero attached hydrogens (tertiary/aromatic N) is 1. The summed E-state index contributed by atoms with van der Waals surface area (Å²) >= 11 is 5.88. The second-order valence-corrected chi connectivity index (χ2v) is 13.5. The Morgan fingerprint density at radius 3 is 2.44 bits per heavy atom. The van der Waals surface area contributed by atoms with Gasteiger partial charge in [-0.2, -0.15) is 4.31 Å². The molecule has 8 nitrogen and oxygen atoms in total. The molecule has 0 saturated carbocycles. The van der Waals surface area contributed by atoms with Gasteiger partial charge in [-0.1, -0.05) is 67.9 Å². The van der Waals surface area contributed by atoms with Gasteiger partial charge < -0.3 is 19.9 Å². The van der Waals surface area contributed by atoms with Crippen molar-refractivity contribution >= 4 is 27.5 Å². The van der Waals surface area contributed by atoms with Crippen LogP contribution in [-0.4, -0.2) is 68.3 Å². The van der Waals surface area contributed by atoms with Crippen LogP contribution in [0.25, 0.3) is 0 Å². The summed E-state index contributed by atoms with van der Waals surface area (Å²) < 4.78 is 53.3. The second kappa shape index (κ2) is 15.1. The molecule has 1 amide bonds. The first-order valence-electron chi connectivity index (χ1n) is 14.3. The van der Waals surface area contributed by atoms with Gasteiger partial charge in [-0.15, -0.1) is 0 Å². The number of carbonyl (C=O) groups is 1. The first-order valence-corrected chi connectivity index (χ1v) is 16.1. The van der Waals surface area contributed by atoms with Crippen molar-refractivity contribution in [2.75, 3.05) is 26.3 Å². The number of hydrogen-bond acceptors (Lipinski definition) is 6. The fourth-order valence-corrected chi connectivity index (χ4v) is 6.77. The summed E-state index contributed by atoms with van der Waals surface area (Å²) in [6.07, 6.45) is -0.0518. The van der Waals surface area contributed by atoms with Crippen LogP contribution < -0.4 is 10.1 Å². The summed E-state index contributed by atoms with van der Waals surface area (Å²) in [6.45, 7) is 4.76. The van der Waals surface area contributed by atoms with Crippen molar-refractivity contribution in [2.24, 2.45) is 5.92 Å². The van der Waals surface area contributed by atoms with E-state index in [0.717, 1.165) is 40.1 Å². The topological polar surface area (TPSA) is 105 Å². The molecule has 1 aliphatic heterocycles. The molecule has 3 aromatic carbocycles. The highest BCUT2D eigenvalue weighted by molar-refractivity contribution is 7.89. The Bertz CT molecular complexity index is 1450. The van der Waals surface area contributed by atoms with Crippen LogP contribution in [0.3, 0.4) is 0 Å². The third-order valence-corrected chi connectivity index (χ3v) is 9.19. The predicted octanol–water partition coefficient (Wildman–Crippen LogP) is 4.62. The zero-order valence-corrected chi connectivity index (χ0v) is 25.9. The van der Waals surface area contributed by atoms with Gasteiger partial charge in [0, 0.05) is 19.5 Å². The lowest BCUT2D eigenvalue weighted by molar-refractivity contribution is -0.122. The Morgan fingerprint density at radius 2 is 1.81 bits per heavy atom. The average Bonchev–Trinajstić information content (AvgIpc) is 3.48. The van der Waals surface area contributed by atoms with E-state index in [4.69, 9.17) is 21.1 Å². The summed E-state index contributed by atoms with van der Waals surface area (Å²) in [5.41, 5.74) is 1.63. The summed E-state index contributed by atoms with van der Waals surface area (Å²) in [5, 5.41) is 14.0. The van der Waals surface area contributed by atoms with Gasteiger partial charge in [0.25, 0.3) is 0 Å².